The number of anilines is 1. The second kappa shape index (κ2) is 6.48. The summed E-state index contributed by atoms with van der Waals surface area (Å²) in [7, 11) is 0. The molecule has 0 bridgehead atoms. The quantitative estimate of drug-likeness (QED) is 0.787. The van der Waals surface area contributed by atoms with Gasteiger partial charge in [0, 0.05) is 19.1 Å². The molecule has 1 aromatic rings. The summed E-state index contributed by atoms with van der Waals surface area (Å²) in [6.07, 6.45) is 3.83. The maximum Gasteiger partial charge on any atom is 0.205 e. The van der Waals surface area contributed by atoms with Crippen LogP contribution in [0.2, 0.25) is 0 Å². The van der Waals surface area contributed by atoms with Gasteiger partial charge in [0.15, 0.2) is 0 Å². The lowest BCUT2D eigenvalue weighted by Crippen LogP contribution is -2.29. The van der Waals surface area contributed by atoms with Crippen LogP contribution in [0, 0.1) is 5.92 Å². The first-order chi connectivity index (χ1) is 8.69. The van der Waals surface area contributed by atoms with Crippen LogP contribution in [-0.2, 0) is 6.54 Å². The van der Waals surface area contributed by atoms with E-state index in [1.54, 1.807) is 11.3 Å². The van der Waals surface area contributed by atoms with Crippen LogP contribution in [0.5, 0.6) is 0 Å². The van der Waals surface area contributed by atoms with Crippen LogP contribution in [0.1, 0.15) is 45.0 Å². The lowest BCUT2D eigenvalue weighted by atomic mass is 10.2. The van der Waals surface area contributed by atoms with Gasteiger partial charge in [-0.15, -0.1) is 10.2 Å². The minimum Gasteiger partial charge on any atom is -0.360 e. The average molecular weight is 268 g/mol. The van der Waals surface area contributed by atoms with Gasteiger partial charge in [-0.2, -0.15) is 0 Å². The fraction of sp³-hybridized carbons (Fsp3) is 0.846. The van der Waals surface area contributed by atoms with Crippen LogP contribution in [-0.4, -0.2) is 34.2 Å². The Morgan fingerprint density at radius 3 is 2.78 bits per heavy atom. The van der Waals surface area contributed by atoms with E-state index in [1.807, 2.05) is 0 Å². The Labute approximate surface area is 114 Å². The molecule has 0 aliphatic heterocycles. The molecule has 1 saturated carbocycles. The molecule has 0 amide bonds. The Kier molecular flexibility index (Phi) is 4.95. The van der Waals surface area contributed by atoms with Gasteiger partial charge < -0.3 is 5.32 Å². The van der Waals surface area contributed by atoms with Crippen molar-refractivity contribution < 1.29 is 0 Å². The third kappa shape index (κ3) is 4.21. The molecule has 18 heavy (non-hydrogen) atoms. The number of hydrogen-bond donors (Lipinski definition) is 1. The standard InChI is InChI=1S/C13H24N4S/c1-4-7-14-13-16-15-12(18-13)9-17(8-10(2)3)11-5-6-11/h10-11H,4-9H2,1-3H3,(H,14,16). The van der Waals surface area contributed by atoms with Crippen LogP contribution in [0.3, 0.4) is 0 Å². The number of rotatable bonds is 8. The van der Waals surface area contributed by atoms with Crippen LogP contribution in [0.25, 0.3) is 0 Å². The molecule has 5 heteroatoms. The third-order valence-electron chi connectivity index (χ3n) is 2.99. The highest BCUT2D eigenvalue weighted by Crippen LogP contribution is 2.30. The SMILES string of the molecule is CCCNc1nnc(CN(CC(C)C)C2CC2)s1. The molecule has 0 aromatic carbocycles. The fourth-order valence-corrected chi connectivity index (χ4v) is 2.84. The number of nitrogens with one attached hydrogen (secondary N) is 1. The van der Waals surface area contributed by atoms with Gasteiger partial charge in [0.1, 0.15) is 5.01 Å². The zero-order chi connectivity index (χ0) is 13.0. The van der Waals surface area contributed by atoms with E-state index < -0.39 is 0 Å². The van der Waals surface area contributed by atoms with Gasteiger partial charge >= 0.3 is 0 Å². The highest BCUT2D eigenvalue weighted by atomic mass is 32.1. The van der Waals surface area contributed by atoms with Gasteiger partial charge in [-0.25, -0.2) is 0 Å². The molecule has 102 valence electrons. The van der Waals surface area contributed by atoms with Crippen molar-refractivity contribution in [3.05, 3.63) is 5.01 Å². The summed E-state index contributed by atoms with van der Waals surface area (Å²) in [6.45, 7) is 9.84. The molecule has 0 atom stereocenters. The van der Waals surface area contributed by atoms with E-state index in [0.717, 1.165) is 41.6 Å². The van der Waals surface area contributed by atoms with Crippen molar-refractivity contribution >= 4 is 16.5 Å². The van der Waals surface area contributed by atoms with Crippen LogP contribution >= 0.6 is 11.3 Å². The van der Waals surface area contributed by atoms with Crippen LogP contribution in [0.15, 0.2) is 0 Å². The summed E-state index contributed by atoms with van der Waals surface area (Å²) in [6, 6.07) is 0.795. The van der Waals surface area contributed by atoms with Crippen molar-refractivity contribution in [3.63, 3.8) is 0 Å². The summed E-state index contributed by atoms with van der Waals surface area (Å²) in [5.41, 5.74) is 0. The molecule has 1 heterocycles. The summed E-state index contributed by atoms with van der Waals surface area (Å²) in [4.78, 5) is 2.56. The number of hydrogen-bond acceptors (Lipinski definition) is 5. The Hall–Kier alpha value is -0.680. The van der Waals surface area contributed by atoms with Gasteiger partial charge in [0.25, 0.3) is 0 Å². The zero-order valence-corrected chi connectivity index (χ0v) is 12.5. The molecule has 1 fully saturated rings. The summed E-state index contributed by atoms with van der Waals surface area (Å²) in [5.74, 6) is 0.719. The lowest BCUT2D eigenvalue weighted by molar-refractivity contribution is 0.225. The van der Waals surface area contributed by atoms with E-state index in [4.69, 9.17) is 0 Å². The third-order valence-corrected chi connectivity index (χ3v) is 3.86. The molecule has 4 nitrogen and oxygen atoms in total. The number of nitrogens with zero attached hydrogens (tertiary/aromatic N) is 3. The monoisotopic (exact) mass is 268 g/mol. The predicted molar refractivity (Wildman–Crippen MR) is 77.0 cm³/mol. The van der Waals surface area contributed by atoms with Gasteiger partial charge in [0.2, 0.25) is 5.13 Å². The lowest BCUT2D eigenvalue weighted by Gasteiger charge is -2.22. The second-order valence-electron chi connectivity index (χ2n) is 5.48. The molecule has 0 unspecified atom stereocenters. The first-order valence-corrected chi connectivity index (χ1v) is 7.81. The summed E-state index contributed by atoms with van der Waals surface area (Å²) >= 11 is 1.70. The normalized spacial score (nSPS) is 15.6. The molecular weight excluding hydrogens is 244 g/mol. The van der Waals surface area contributed by atoms with Crippen molar-refractivity contribution in [1.82, 2.24) is 15.1 Å². The minimum absolute atomic E-state index is 0.719. The van der Waals surface area contributed by atoms with Crippen molar-refractivity contribution in [2.24, 2.45) is 5.92 Å². The second-order valence-corrected chi connectivity index (χ2v) is 6.54. The van der Waals surface area contributed by atoms with Crippen molar-refractivity contribution in [1.29, 1.82) is 0 Å². The smallest absolute Gasteiger partial charge is 0.205 e. The van der Waals surface area contributed by atoms with Crippen molar-refractivity contribution in [3.8, 4) is 0 Å². The zero-order valence-electron chi connectivity index (χ0n) is 11.6. The Bertz CT molecular complexity index is 360. The average Bonchev–Trinajstić information content (AvgIpc) is 3.07. The maximum atomic E-state index is 4.29. The fourth-order valence-electron chi connectivity index (χ4n) is 2.05. The predicted octanol–water partition coefficient (Wildman–Crippen LogP) is 2.98. The van der Waals surface area contributed by atoms with Crippen LogP contribution in [0.4, 0.5) is 5.13 Å². The van der Waals surface area contributed by atoms with Crippen molar-refractivity contribution in [2.45, 2.75) is 52.6 Å². The molecule has 1 aliphatic rings. The van der Waals surface area contributed by atoms with E-state index in [1.165, 1.54) is 19.4 Å². The van der Waals surface area contributed by atoms with Gasteiger partial charge in [-0.05, 0) is 25.2 Å². The van der Waals surface area contributed by atoms with Crippen LogP contribution < -0.4 is 5.32 Å². The molecule has 0 spiro atoms. The summed E-state index contributed by atoms with van der Waals surface area (Å²) < 4.78 is 0. The highest BCUT2D eigenvalue weighted by Gasteiger charge is 2.29. The van der Waals surface area contributed by atoms with E-state index >= 15 is 0 Å². The summed E-state index contributed by atoms with van der Waals surface area (Å²) in [5, 5.41) is 13.9. The van der Waals surface area contributed by atoms with Crippen molar-refractivity contribution in [2.75, 3.05) is 18.4 Å². The Morgan fingerprint density at radius 1 is 1.39 bits per heavy atom. The highest BCUT2D eigenvalue weighted by molar-refractivity contribution is 7.15. The molecular formula is C13H24N4S. The molecule has 2 rings (SSSR count). The Balaban J connectivity index is 1.87. The maximum absolute atomic E-state index is 4.29. The van der Waals surface area contributed by atoms with E-state index in [2.05, 4.69) is 41.2 Å². The number of aromatic nitrogens is 2. The van der Waals surface area contributed by atoms with E-state index in [-0.39, 0.29) is 0 Å². The molecule has 1 aliphatic carbocycles. The van der Waals surface area contributed by atoms with E-state index in [9.17, 15) is 0 Å². The molecule has 1 N–H and O–H groups in total. The minimum atomic E-state index is 0.719. The molecule has 0 radical (unpaired) electrons. The largest absolute Gasteiger partial charge is 0.360 e. The van der Waals surface area contributed by atoms with E-state index in [0.29, 0.717) is 0 Å². The molecule has 1 aromatic heterocycles. The first kappa shape index (κ1) is 13.7. The van der Waals surface area contributed by atoms with Gasteiger partial charge in [-0.3, -0.25) is 4.90 Å². The molecule has 0 saturated heterocycles. The van der Waals surface area contributed by atoms with Gasteiger partial charge in [0.05, 0.1) is 6.54 Å². The Morgan fingerprint density at radius 2 is 2.17 bits per heavy atom. The first-order valence-electron chi connectivity index (χ1n) is 6.99. The van der Waals surface area contributed by atoms with Gasteiger partial charge in [-0.1, -0.05) is 32.1 Å². The topological polar surface area (TPSA) is 41.1 Å².